The van der Waals surface area contributed by atoms with Gasteiger partial charge >= 0.3 is 0 Å². The first-order valence-electron chi connectivity index (χ1n) is 11.8. The van der Waals surface area contributed by atoms with Crippen molar-refractivity contribution in [1.82, 2.24) is 14.5 Å². The second kappa shape index (κ2) is 9.54. The quantitative estimate of drug-likeness (QED) is 0.471. The summed E-state index contributed by atoms with van der Waals surface area (Å²) < 4.78 is 1.55. The smallest absolute Gasteiger partial charge is 0.265 e. The number of carbonyl (C=O) groups is 2. The molecule has 1 saturated heterocycles. The summed E-state index contributed by atoms with van der Waals surface area (Å²) in [4.78, 5) is 44.4. The number of carbonyl (C=O) groups excluding carboxylic acids is 2. The second-order valence-electron chi connectivity index (χ2n) is 8.79. The van der Waals surface area contributed by atoms with Crippen molar-refractivity contribution in [3.63, 3.8) is 0 Å². The van der Waals surface area contributed by atoms with Crippen LogP contribution in [0.4, 0.5) is 5.69 Å². The molecule has 35 heavy (non-hydrogen) atoms. The summed E-state index contributed by atoms with van der Waals surface area (Å²) in [6.07, 6.45) is 2.59. The van der Waals surface area contributed by atoms with Gasteiger partial charge in [0, 0.05) is 30.8 Å². The van der Waals surface area contributed by atoms with E-state index in [0.29, 0.717) is 46.6 Å². The van der Waals surface area contributed by atoms with Crippen LogP contribution < -0.4 is 10.9 Å². The third-order valence-electron chi connectivity index (χ3n) is 6.31. The zero-order chi connectivity index (χ0) is 24.4. The van der Waals surface area contributed by atoms with Gasteiger partial charge in [-0.25, -0.2) is 4.98 Å². The number of para-hydroxylation sites is 1. The fraction of sp³-hybridized carbons (Fsp3) is 0.214. The molecule has 7 heteroatoms. The van der Waals surface area contributed by atoms with E-state index in [2.05, 4.69) is 10.3 Å². The summed E-state index contributed by atoms with van der Waals surface area (Å²) in [6, 6.07) is 21.7. The van der Waals surface area contributed by atoms with Crippen molar-refractivity contribution in [1.29, 1.82) is 0 Å². The van der Waals surface area contributed by atoms with Crippen LogP contribution in [0.25, 0.3) is 16.6 Å². The Balaban J connectivity index is 1.33. The van der Waals surface area contributed by atoms with Gasteiger partial charge in [-0.3, -0.25) is 19.0 Å². The highest BCUT2D eigenvalue weighted by Gasteiger charge is 2.18. The number of fused-ring (bicyclic) bond motifs is 1. The number of rotatable bonds is 5. The number of piperidine rings is 1. The number of anilines is 1. The van der Waals surface area contributed by atoms with Gasteiger partial charge in [0.05, 0.1) is 16.6 Å². The number of hydrogen-bond donors (Lipinski definition) is 1. The number of benzene rings is 3. The largest absolute Gasteiger partial charge is 0.338 e. The summed E-state index contributed by atoms with van der Waals surface area (Å²) in [6.45, 7) is 3.11. The number of hydrogen-bond acceptors (Lipinski definition) is 4. The molecule has 4 aromatic rings. The Morgan fingerprint density at radius 1 is 0.971 bits per heavy atom. The second-order valence-corrected chi connectivity index (χ2v) is 8.79. The Bertz CT molecular complexity index is 1470. The van der Waals surface area contributed by atoms with Crippen LogP contribution >= 0.6 is 0 Å². The molecule has 1 aromatic heterocycles. The predicted molar refractivity (Wildman–Crippen MR) is 136 cm³/mol. The highest BCUT2D eigenvalue weighted by molar-refractivity contribution is 6.04. The van der Waals surface area contributed by atoms with Crippen molar-refractivity contribution in [2.75, 3.05) is 11.9 Å². The van der Waals surface area contributed by atoms with Gasteiger partial charge in [-0.15, -0.1) is 0 Å². The van der Waals surface area contributed by atoms with E-state index in [4.69, 9.17) is 0 Å². The van der Waals surface area contributed by atoms with Crippen molar-refractivity contribution in [2.45, 2.75) is 32.7 Å². The van der Waals surface area contributed by atoms with Gasteiger partial charge in [0.2, 0.25) is 5.91 Å². The minimum absolute atomic E-state index is 0.144. The fourth-order valence-corrected chi connectivity index (χ4v) is 4.51. The Morgan fingerprint density at radius 2 is 1.77 bits per heavy atom. The Hall–Kier alpha value is -4.26. The Kier molecular flexibility index (Phi) is 6.14. The SMILES string of the molecule is Cc1nc2ccccc2c(=O)n1-c1ccc(C(=O)Nc2cccc(CN3CCCCC3=O)c2)cc1. The van der Waals surface area contributed by atoms with E-state index < -0.39 is 0 Å². The molecule has 176 valence electrons. The van der Waals surface area contributed by atoms with E-state index in [0.717, 1.165) is 24.9 Å². The highest BCUT2D eigenvalue weighted by atomic mass is 16.2. The van der Waals surface area contributed by atoms with E-state index in [1.807, 2.05) is 47.4 Å². The van der Waals surface area contributed by atoms with Gasteiger partial charge in [-0.1, -0.05) is 24.3 Å². The zero-order valence-electron chi connectivity index (χ0n) is 19.5. The average Bonchev–Trinajstić information content (AvgIpc) is 2.86. The van der Waals surface area contributed by atoms with Crippen molar-refractivity contribution in [3.05, 3.63) is 100 Å². The number of amides is 2. The minimum atomic E-state index is -0.247. The molecule has 0 aliphatic carbocycles. The molecule has 5 rings (SSSR count). The van der Waals surface area contributed by atoms with E-state index in [1.54, 1.807) is 41.8 Å². The van der Waals surface area contributed by atoms with Gasteiger partial charge in [0.25, 0.3) is 11.5 Å². The van der Waals surface area contributed by atoms with E-state index in [9.17, 15) is 14.4 Å². The van der Waals surface area contributed by atoms with Crippen LogP contribution in [0.2, 0.25) is 0 Å². The summed E-state index contributed by atoms with van der Waals surface area (Å²) in [5, 5.41) is 3.48. The summed E-state index contributed by atoms with van der Waals surface area (Å²) in [5.41, 5.74) is 3.29. The summed E-state index contributed by atoms with van der Waals surface area (Å²) >= 11 is 0. The third kappa shape index (κ3) is 4.71. The molecular weight excluding hydrogens is 440 g/mol. The molecule has 7 nitrogen and oxygen atoms in total. The van der Waals surface area contributed by atoms with Crippen LogP contribution in [0, 0.1) is 6.92 Å². The molecule has 1 fully saturated rings. The number of aromatic nitrogens is 2. The summed E-state index contributed by atoms with van der Waals surface area (Å²) in [5.74, 6) is 0.514. The Labute approximate surface area is 203 Å². The van der Waals surface area contributed by atoms with Crippen LogP contribution in [-0.2, 0) is 11.3 Å². The fourth-order valence-electron chi connectivity index (χ4n) is 4.51. The van der Waals surface area contributed by atoms with Crippen LogP contribution in [0.15, 0.2) is 77.6 Å². The van der Waals surface area contributed by atoms with Gasteiger partial charge < -0.3 is 10.2 Å². The molecule has 1 N–H and O–H groups in total. The van der Waals surface area contributed by atoms with Gasteiger partial charge in [-0.05, 0) is 73.9 Å². The molecule has 1 aliphatic heterocycles. The number of likely N-dealkylation sites (tertiary alicyclic amines) is 1. The minimum Gasteiger partial charge on any atom is -0.338 e. The molecule has 0 spiro atoms. The van der Waals surface area contributed by atoms with E-state index >= 15 is 0 Å². The first-order chi connectivity index (χ1) is 17.0. The lowest BCUT2D eigenvalue weighted by atomic mass is 10.1. The van der Waals surface area contributed by atoms with Gasteiger partial charge in [0.1, 0.15) is 5.82 Å². The molecule has 0 atom stereocenters. The lowest BCUT2D eigenvalue weighted by Gasteiger charge is -2.26. The molecule has 2 heterocycles. The number of nitrogens with one attached hydrogen (secondary N) is 1. The van der Waals surface area contributed by atoms with Crippen molar-refractivity contribution in [2.24, 2.45) is 0 Å². The average molecular weight is 467 g/mol. The molecule has 0 saturated carbocycles. The Morgan fingerprint density at radius 3 is 2.57 bits per heavy atom. The number of aryl methyl sites for hydroxylation is 1. The monoisotopic (exact) mass is 466 g/mol. The maximum absolute atomic E-state index is 13.0. The van der Waals surface area contributed by atoms with Crippen molar-refractivity contribution >= 4 is 28.4 Å². The predicted octanol–water partition coefficient (Wildman–Crippen LogP) is 4.46. The van der Waals surface area contributed by atoms with E-state index in [1.165, 1.54) is 0 Å². The normalized spacial score (nSPS) is 13.7. The maximum Gasteiger partial charge on any atom is 0.265 e. The van der Waals surface area contributed by atoms with E-state index in [-0.39, 0.29) is 17.4 Å². The lowest BCUT2D eigenvalue weighted by molar-refractivity contribution is -0.133. The molecule has 0 radical (unpaired) electrons. The molecule has 1 aliphatic rings. The molecule has 0 bridgehead atoms. The van der Waals surface area contributed by atoms with Crippen LogP contribution in [0.3, 0.4) is 0 Å². The van der Waals surface area contributed by atoms with Gasteiger partial charge in [0.15, 0.2) is 0 Å². The van der Waals surface area contributed by atoms with Crippen molar-refractivity contribution in [3.8, 4) is 5.69 Å². The highest BCUT2D eigenvalue weighted by Crippen LogP contribution is 2.19. The van der Waals surface area contributed by atoms with Gasteiger partial charge in [-0.2, -0.15) is 0 Å². The molecule has 2 amide bonds. The van der Waals surface area contributed by atoms with Crippen LogP contribution in [0.5, 0.6) is 0 Å². The van der Waals surface area contributed by atoms with Crippen molar-refractivity contribution < 1.29 is 9.59 Å². The standard InChI is InChI=1S/C28H26N4O3/c1-19-29-25-10-3-2-9-24(25)28(35)32(19)23-14-12-21(13-15-23)27(34)30-22-8-6-7-20(17-22)18-31-16-5-4-11-26(31)33/h2-3,6-10,12-15,17H,4-5,11,16,18H2,1H3,(H,30,34). The summed E-state index contributed by atoms with van der Waals surface area (Å²) in [7, 11) is 0. The van der Waals surface area contributed by atoms with Crippen LogP contribution in [0.1, 0.15) is 41.0 Å². The first-order valence-corrected chi connectivity index (χ1v) is 11.8. The van der Waals surface area contributed by atoms with Crippen LogP contribution in [-0.4, -0.2) is 32.8 Å². The lowest BCUT2D eigenvalue weighted by Crippen LogP contribution is -2.34. The topological polar surface area (TPSA) is 84.3 Å². The molecular formula is C28H26N4O3. The molecule has 3 aromatic carbocycles. The zero-order valence-corrected chi connectivity index (χ0v) is 19.5. The first kappa shape index (κ1) is 22.5. The maximum atomic E-state index is 13.0. The number of nitrogens with zero attached hydrogens (tertiary/aromatic N) is 3. The third-order valence-corrected chi connectivity index (χ3v) is 6.31. The molecule has 0 unspecified atom stereocenters.